The fourth-order valence-corrected chi connectivity index (χ4v) is 2.49. The molecule has 0 aromatic heterocycles. The Morgan fingerprint density at radius 1 is 1.21 bits per heavy atom. The highest BCUT2D eigenvalue weighted by Crippen LogP contribution is 2.24. The van der Waals surface area contributed by atoms with Crippen molar-refractivity contribution in [1.29, 1.82) is 0 Å². The minimum atomic E-state index is -1.01. The van der Waals surface area contributed by atoms with Gasteiger partial charge in [0.1, 0.15) is 5.75 Å². The summed E-state index contributed by atoms with van der Waals surface area (Å²) in [6.07, 6.45) is 0.295. The van der Waals surface area contributed by atoms with Crippen LogP contribution < -0.4 is 10.1 Å². The van der Waals surface area contributed by atoms with Crippen LogP contribution >= 0.6 is 0 Å². The number of amides is 1. The fraction of sp³-hybridized carbons (Fsp3) is 0.263. The van der Waals surface area contributed by atoms with E-state index in [1.54, 1.807) is 26.2 Å². The summed E-state index contributed by atoms with van der Waals surface area (Å²) in [5.74, 6) is -0.396. The first-order valence-corrected chi connectivity index (χ1v) is 7.68. The summed E-state index contributed by atoms with van der Waals surface area (Å²) in [5, 5.41) is 11.9. The molecule has 2 aromatic rings. The molecule has 2 N–H and O–H groups in total. The number of carbonyl (C=O) groups is 2. The predicted octanol–water partition coefficient (Wildman–Crippen LogP) is 3.83. The molecule has 0 spiro atoms. The van der Waals surface area contributed by atoms with Gasteiger partial charge in [0.05, 0.1) is 12.7 Å². The Labute approximate surface area is 141 Å². The second-order valence-corrected chi connectivity index (χ2v) is 5.76. The van der Waals surface area contributed by atoms with E-state index < -0.39 is 5.97 Å². The van der Waals surface area contributed by atoms with E-state index in [0.717, 1.165) is 11.3 Å². The van der Waals surface area contributed by atoms with Gasteiger partial charge in [-0.25, -0.2) is 4.79 Å². The van der Waals surface area contributed by atoms with E-state index in [-0.39, 0.29) is 17.4 Å². The number of rotatable bonds is 6. The summed E-state index contributed by atoms with van der Waals surface area (Å²) < 4.78 is 5.20. The molecule has 0 saturated carbocycles. The number of carbonyl (C=O) groups excluding carboxylic acids is 1. The van der Waals surface area contributed by atoms with Crippen molar-refractivity contribution in [2.45, 2.75) is 26.2 Å². The molecule has 1 amide bonds. The van der Waals surface area contributed by atoms with Crippen LogP contribution in [0.2, 0.25) is 0 Å². The molecule has 0 aliphatic rings. The smallest absolute Gasteiger partial charge is 0.336 e. The quantitative estimate of drug-likeness (QED) is 0.845. The second kappa shape index (κ2) is 7.64. The van der Waals surface area contributed by atoms with Crippen LogP contribution in [0.1, 0.15) is 40.7 Å². The molecule has 24 heavy (non-hydrogen) atoms. The maximum absolute atomic E-state index is 12.2. The first-order chi connectivity index (χ1) is 11.4. The molecule has 126 valence electrons. The van der Waals surface area contributed by atoms with Gasteiger partial charge in [-0.05, 0) is 48.2 Å². The Balaban J connectivity index is 2.05. The molecule has 0 fully saturated rings. The van der Waals surface area contributed by atoms with Crippen molar-refractivity contribution >= 4 is 17.6 Å². The van der Waals surface area contributed by atoms with Crippen LogP contribution in [0.4, 0.5) is 5.69 Å². The van der Waals surface area contributed by atoms with Crippen LogP contribution in [0.25, 0.3) is 0 Å². The van der Waals surface area contributed by atoms with Crippen LogP contribution in [0, 0.1) is 6.92 Å². The first kappa shape index (κ1) is 17.5. The number of hydrogen-bond donors (Lipinski definition) is 2. The van der Waals surface area contributed by atoms with Crippen molar-refractivity contribution in [3.8, 4) is 5.75 Å². The van der Waals surface area contributed by atoms with Crippen LogP contribution in [-0.2, 0) is 4.79 Å². The Bertz CT molecular complexity index is 755. The maximum atomic E-state index is 12.2. The number of aryl methyl sites for hydroxylation is 1. The number of nitrogens with one attached hydrogen (secondary N) is 1. The SMILES string of the molecule is COc1cccc(C(C)CC(=O)Nc2ccc(C)c(C(=O)O)c2)c1. The highest BCUT2D eigenvalue weighted by molar-refractivity contribution is 5.95. The molecule has 0 aliphatic heterocycles. The average Bonchev–Trinajstić information content (AvgIpc) is 2.56. The zero-order valence-corrected chi connectivity index (χ0v) is 14.0. The fourth-order valence-electron chi connectivity index (χ4n) is 2.49. The summed E-state index contributed by atoms with van der Waals surface area (Å²) in [6.45, 7) is 3.69. The summed E-state index contributed by atoms with van der Waals surface area (Å²) >= 11 is 0. The van der Waals surface area contributed by atoms with Crippen LogP contribution in [0.5, 0.6) is 5.75 Å². The molecule has 2 rings (SSSR count). The van der Waals surface area contributed by atoms with Crippen LogP contribution in [-0.4, -0.2) is 24.1 Å². The highest BCUT2D eigenvalue weighted by atomic mass is 16.5. The number of methoxy groups -OCH3 is 1. The number of hydrogen-bond acceptors (Lipinski definition) is 3. The van der Waals surface area contributed by atoms with Crippen molar-refractivity contribution < 1.29 is 19.4 Å². The summed E-state index contributed by atoms with van der Waals surface area (Å²) in [7, 11) is 1.61. The van der Waals surface area contributed by atoms with Gasteiger partial charge in [0.15, 0.2) is 0 Å². The molecular formula is C19H21NO4. The van der Waals surface area contributed by atoms with Crippen molar-refractivity contribution in [2.24, 2.45) is 0 Å². The molecule has 1 atom stereocenters. The molecule has 1 unspecified atom stereocenters. The molecule has 2 aromatic carbocycles. The van der Waals surface area contributed by atoms with Gasteiger partial charge >= 0.3 is 5.97 Å². The number of ether oxygens (including phenoxy) is 1. The molecule has 5 nitrogen and oxygen atoms in total. The lowest BCUT2D eigenvalue weighted by atomic mass is 9.97. The zero-order valence-electron chi connectivity index (χ0n) is 14.0. The van der Waals surface area contributed by atoms with Gasteiger partial charge in [-0.3, -0.25) is 4.79 Å². The van der Waals surface area contributed by atoms with E-state index in [1.165, 1.54) is 6.07 Å². The van der Waals surface area contributed by atoms with Crippen molar-refractivity contribution in [1.82, 2.24) is 0 Å². The van der Waals surface area contributed by atoms with E-state index in [2.05, 4.69) is 5.32 Å². The lowest BCUT2D eigenvalue weighted by Crippen LogP contribution is -2.15. The third-order valence-corrected chi connectivity index (χ3v) is 3.91. The lowest BCUT2D eigenvalue weighted by molar-refractivity contribution is -0.116. The van der Waals surface area contributed by atoms with E-state index >= 15 is 0 Å². The molecule has 0 saturated heterocycles. The summed E-state index contributed by atoms with van der Waals surface area (Å²) in [5.41, 5.74) is 2.35. The lowest BCUT2D eigenvalue weighted by Gasteiger charge is -2.13. The van der Waals surface area contributed by atoms with Gasteiger partial charge in [-0.1, -0.05) is 25.1 Å². The Kier molecular flexibility index (Phi) is 5.58. The third kappa shape index (κ3) is 4.35. The number of anilines is 1. The molecule has 0 bridgehead atoms. The summed E-state index contributed by atoms with van der Waals surface area (Å²) in [4.78, 5) is 23.4. The van der Waals surface area contributed by atoms with Crippen molar-refractivity contribution in [3.05, 3.63) is 59.2 Å². The van der Waals surface area contributed by atoms with Gasteiger partial charge in [0, 0.05) is 12.1 Å². The molecular weight excluding hydrogens is 306 g/mol. The minimum Gasteiger partial charge on any atom is -0.497 e. The molecule has 5 heteroatoms. The normalized spacial score (nSPS) is 11.6. The van der Waals surface area contributed by atoms with Crippen molar-refractivity contribution in [2.75, 3.05) is 12.4 Å². The molecule has 0 aliphatic carbocycles. The van der Waals surface area contributed by atoms with E-state index in [1.807, 2.05) is 31.2 Å². The monoisotopic (exact) mass is 327 g/mol. The standard InChI is InChI=1S/C19H21NO4/c1-12-7-8-15(11-17(12)19(22)23)20-18(21)9-13(2)14-5-4-6-16(10-14)24-3/h4-8,10-11,13H,9H2,1-3H3,(H,20,21)(H,22,23). The van der Waals surface area contributed by atoms with E-state index in [0.29, 0.717) is 17.7 Å². The van der Waals surface area contributed by atoms with Gasteiger partial charge in [0.25, 0.3) is 0 Å². The largest absolute Gasteiger partial charge is 0.497 e. The van der Waals surface area contributed by atoms with E-state index in [9.17, 15) is 9.59 Å². The number of aromatic carboxylic acids is 1. The van der Waals surface area contributed by atoms with Gasteiger partial charge in [-0.15, -0.1) is 0 Å². The van der Waals surface area contributed by atoms with Gasteiger partial charge < -0.3 is 15.2 Å². The Morgan fingerprint density at radius 3 is 2.62 bits per heavy atom. The first-order valence-electron chi connectivity index (χ1n) is 7.68. The topological polar surface area (TPSA) is 75.6 Å². The highest BCUT2D eigenvalue weighted by Gasteiger charge is 2.14. The van der Waals surface area contributed by atoms with E-state index in [4.69, 9.17) is 9.84 Å². The van der Waals surface area contributed by atoms with Gasteiger partial charge in [0.2, 0.25) is 5.91 Å². The summed E-state index contributed by atoms with van der Waals surface area (Å²) in [6, 6.07) is 12.5. The second-order valence-electron chi connectivity index (χ2n) is 5.76. The van der Waals surface area contributed by atoms with Crippen LogP contribution in [0.15, 0.2) is 42.5 Å². The van der Waals surface area contributed by atoms with Crippen molar-refractivity contribution in [3.63, 3.8) is 0 Å². The van der Waals surface area contributed by atoms with Crippen LogP contribution in [0.3, 0.4) is 0 Å². The molecule has 0 radical (unpaired) electrons. The minimum absolute atomic E-state index is 0.0180. The number of carboxylic acids is 1. The number of carboxylic acid groups (broad SMARTS) is 1. The Morgan fingerprint density at radius 2 is 1.96 bits per heavy atom. The average molecular weight is 327 g/mol. The zero-order chi connectivity index (χ0) is 17.7. The third-order valence-electron chi connectivity index (χ3n) is 3.91. The Hall–Kier alpha value is -2.82. The maximum Gasteiger partial charge on any atom is 0.336 e. The van der Waals surface area contributed by atoms with Gasteiger partial charge in [-0.2, -0.15) is 0 Å². The predicted molar refractivity (Wildman–Crippen MR) is 92.8 cm³/mol. The molecule has 0 heterocycles. The number of benzene rings is 2.